The van der Waals surface area contributed by atoms with Crippen molar-refractivity contribution in [2.75, 3.05) is 6.54 Å². The largest absolute Gasteiger partial charge is 0.477 e. The fourth-order valence-corrected chi connectivity index (χ4v) is 1.51. The lowest BCUT2D eigenvalue weighted by Crippen LogP contribution is -2.32. The molecule has 0 unspecified atom stereocenters. The molecule has 6 nitrogen and oxygen atoms in total. The smallest absolute Gasteiger partial charge is 0.354 e. The van der Waals surface area contributed by atoms with Gasteiger partial charge in [-0.05, 0) is 26.0 Å². The number of pyridine rings is 1. The third-order valence-corrected chi connectivity index (χ3v) is 2.31. The van der Waals surface area contributed by atoms with Gasteiger partial charge in [-0.1, -0.05) is 6.07 Å². The summed E-state index contributed by atoms with van der Waals surface area (Å²) in [5, 5.41) is 14.7. The molecule has 0 aliphatic rings. The van der Waals surface area contributed by atoms with Crippen molar-refractivity contribution >= 4 is 11.9 Å². The SMILES string of the molecule is CC(C)NC(=O)CCNCc1cccc(C(=O)O)n1. The van der Waals surface area contributed by atoms with Crippen molar-refractivity contribution in [3.63, 3.8) is 0 Å². The van der Waals surface area contributed by atoms with Crippen LogP contribution in [0.1, 0.15) is 36.5 Å². The second-order valence-corrected chi connectivity index (χ2v) is 4.47. The van der Waals surface area contributed by atoms with Crippen molar-refractivity contribution in [3.05, 3.63) is 29.6 Å². The first-order valence-electron chi connectivity index (χ1n) is 6.18. The Morgan fingerprint density at radius 3 is 2.74 bits per heavy atom. The van der Waals surface area contributed by atoms with Gasteiger partial charge < -0.3 is 15.7 Å². The van der Waals surface area contributed by atoms with Crippen LogP contribution in [-0.4, -0.2) is 34.6 Å². The number of aromatic carboxylic acids is 1. The van der Waals surface area contributed by atoms with Crippen molar-refractivity contribution in [1.82, 2.24) is 15.6 Å². The molecule has 1 aromatic heterocycles. The lowest BCUT2D eigenvalue weighted by atomic mass is 10.3. The Balaban J connectivity index is 2.31. The third-order valence-electron chi connectivity index (χ3n) is 2.31. The number of nitrogens with zero attached hydrogens (tertiary/aromatic N) is 1. The zero-order valence-corrected chi connectivity index (χ0v) is 11.1. The molecule has 0 radical (unpaired) electrons. The summed E-state index contributed by atoms with van der Waals surface area (Å²) in [4.78, 5) is 26.1. The van der Waals surface area contributed by atoms with Gasteiger partial charge in [0.1, 0.15) is 5.69 Å². The molecule has 1 aromatic rings. The van der Waals surface area contributed by atoms with Crippen molar-refractivity contribution in [3.8, 4) is 0 Å². The van der Waals surface area contributed by atoms with Crippen LogP contribution < -0.4 is 10.6 Å². The van der Waals surface area contributed by atoms with E-state index in [1.165, 1.54) is 6.07 Å². The van der Waals surface area contributed by atoms with E-state index < -0.39 is 5.97 Å². The van der Waals surface area contributed by atoms with Crippen molar-refractivity contribution < 1.29 is 14.7 Å². The van der Waals surface area contributed by atoms with Gasteiger partial charge in [-0.15, -0.1) is 0 Å². The lowest BCUT2D eigenvalue weighted by Gasteiger charge is -2.08. The van der Waals surface area contributed by atoms with Crippen LogP contribution in [0.4, 0.5) is 0 Å². The Kier molecular flexibility index (Phi) is 5.95. The summed E-state index contributed by atoms with van der Waals surface area (Å²) in [5.41, 5.74) is 0.668. The van der Waals surface area contributed by atoms with Gasteiger partial charge >= 0.3 is 5.97 Å². The number of hydrogen-bond donors (Lipinski definition) is 3. The molecule has 0 saturated carbocycles. The standard InChI is InChI=1S/C13H19N3O3/c1-9(2)15-12(17)6-7-14-8-10-4-3-5-11(16-10)13(18)19/h3-5,9,14H,6-8H2,1-2H3,(H,15,17)(H,18,19). The molecule has 3 N–H and O–H groups in total. The normalized spacial score (nSPS) is 10.5. The quantitative estimate of drug-likeness (QED) is 0.634. The average molecular weight is 265 g/mol. The zero-order valence-electron chi connectivity index (χ0n) is 11.1. The highest BCUT2D eigenvalue weighted by molar-refractivity contribution is 5.85. The Bertz CT molecular complexity index is 447. The Hall–Kier alpha value is -1.95. The molecule has 0 spiro atoms. The molecule has 0 aromatic carbocycles. The fourth-order valence-electron chi connectivity index (χ4n) is 1.51. The molecule has 19 heavy (non-hydrogen) atoms. The number of carboxylic acids is 1. The van der Waals surface area contributed by atoms with Crippen LogP contribution in [0.25, 0.3) is 0 Å². The molecular formula is C13H19N3O3. The summed E-state index contributed by atoms with van der Waals surface area (Å²) in [6.45, 7) is 4.78. The molecule has 0 aliphatic heterocycles. The van der Waals surface area contributed by atoms with Crippen LogP contribution in [0.2, 0.25) is 0 Å². The summed E-state index contributed by atoms with van der Waals surface area (Å²) < 4.78 is 0. The number of hydrogen-bond acceptors (Lipinski definition) is 4. The minimum atomic E-state index is -1.04. The van der Waals surface area contributed by atoms with Crippen LogP contribution in [0.15, 0.2) is 18.2 Å². The summed E-state index contributed by atoms with van der Waals surface area (Å²) >= 11 is 0. The molecule has 104 valence electrons. The minimum Gasteiger partial charge on any atom is -0.477 e. The second kappa shape index (κ2) is 7.48. The maximum Gasteiger partial charge on any atom is 0.354 e. The Morgan fingerprint density at radius 1 is 1.37 bits per heavy atom. The first kappa shape index (κ1) is 15.1. The van der Waals surface area contributed by atoms with Crippen LogP contribution >= 0.6 is 0 Å². The number of nitrogens with one attached hydrogen (secondary N) is 2. The van der Waals surface area contributed by atoms with E-state index in [2.05, 4.69) is 15.6 Å². The van der Waals surface area contributed by atoms with Gasteiger partial charge in [-0.3, -0.25) is 4.79 Å². The second-order valence-electron chi connectivity index (χ2n) is 4.47. The number of carbonyl (C=O) groups is 2. The van der Waals surface area contributed by atoms with E-state index in [0.29, 0.717) is 25.2 Å². The summed E-state index contributed by atoms with van der Waals surface area (Å²) in [6.07, 6.45) is 0.386. The van der Waals surface area contributed by atoms with E-state index in [1.54, 1.807) is 12.1 Å². The molecule has 0 atom stereocenters. The lowest BCUT2D eigenvalue weighted by molar-refractivity contribution is -0.121. The zero-order chi connectivity index (χ0) is 14.3. The highest BCUT2D eigenvalue weighted by Crippen LogP contribution is 1.99. The number of rotatable bonds is 7. The van der Waals surface area contributed by atoms with Gasteiger partial charge in [-0.2, -0.15) is 0 Å². The average Bonchev–Trinajstić information content (AvgIpc) is 2.34. The predicted octanol–water partition coefficient (Wildman–Crippen LogP) is 0.784. The molecule has 6 heteroatoms. The van der Waals surface area contributed by atoms with E-state index in [1.807, 2.05) is 13.8 Å². The molecule has 1 heterocycles. The summed E-state index contributed by atoms with van der Waals surface area (Å²) in [7, 11) is 0. The van der Waals surface area contributed by atoms with Crippen molar-refractivity contribution in [1.29, 1.82) is 0 Å². The highest BCUT2D eigenvalue weighted by atomic mass is 16.4. The van der Waals surface area contributed by atoms with Gasteiger partial charge in [0.05, 0.1) is 5.69 Å². The topological polar surface area (TPSA) is 91.3 Å². The molecule has 0 bridgehead atoms. The molecule has 1 rings (SSSR count). The van der Waals surface area contributed by atoms with Crippen molar-refractivity contribution in [2.45, 2.75) is 32.9 Å². The van der Waals surface area contributed by atoms with Crippen LogP contribution in [-0.2, 0) is 11.3 Å². The van der Waals surface area contributed by atoms with Crippen LogP contribution in [0.5, 0.6) is 0 Å². The van der Waals surface area contributed by atoms with Crippen molar-refractivity contribution in [2.24, 2.45) is 0 Å². The maximum atomic E-state index is 11.4. The third kappa shape index (κ3) is 5.96. The first-order valence-corrected chi connectivity index (χ1v) is 6.18. The summed E-state index contributed by atoms with van der Waals surface area (Å²) in [5.74, 6) is -1.05. The first-order chi connectivity index (χ1) is 8.99. The Morgan fingerprint density at radius 2 is 2.11 bits per heavy atom. The Labute approximate surface area is 112 Å². The number of aromatic nitrogens is 1. The van der Waals surface area contributed by atoms with Gasteiger partial charge in [0.15, 0.2) is 0 Å². The molecule has 0 aliphatic carbocycles. The van der Waals surface area contributed by atoms with E-state index in [0.717, 1.165) is 0 Å². The monoisotopic (exact) mass is 265 g/mol. The number of amides is 1. The van der Waals surface area contributed by atoms with E-state index in [9.17, 15) is 9.59 Å². The molecule has 0 fully saturated rings. The fraction of sp³-hybridized carbons (Fsp3) is 0.462. The van der Waals surface area contributed by atoms with Crippen LogP contribution in [0, 0.1) is 0 Å². The summed E-state index contributed by atoms with van der Waals surface area (Å²) in [6, 6.07) is 4.98. The van der Waals surface area contributed by atoms with Gasteiger partial charge in [0, 0.05) is 25.6 Å². The molecule has 0 saturated heterocycles. The van der Waals surface area contributed by atoms with E-state index in [-0.39, 0.29) is 17.6 Å². The molecular weight excluding hydrogens is 246 g/mol. The van der Waals surface area contributed by atoms with Gasteiger partial charge in [-0.25, -0.2) is 9.78 Å². The maximum absolute atomic E-state index is 11.4. The minimum absolute atomic E-state index is 0.00486. The van der Waals surface area contributed by atoms with E-state index >= 15 is 0 Å². The number of carboxylic acid groups (broad SMARTS) is 1. The number of carbonyl (C=O) groups excluding carboxylic acids is 1. The van der Waals surface area contributed by atoms with E-state index in [4.69, 9.17) is 5.11 Å². The highest BCUT2D eigenvalue weighted by Gasteiger charge is 2.05. The van der Waals surface area contributed by atoms with Crippen LogP contribution in [0.3, 0.4) is 0 Å². The predicted molar refractivity (Wildman–Crippen MR) is 70.8 cm³/mol. The van der Waals surface area contributed by atoms with Gasteiger partial charge in [0.25, 0.3) is 0 Å². The molecule has 1 amide bonds. The van der Waals surface area contributed by atoms with Gasteiger partial charge in [0.2, 0.25) is 5.91 Å².